The van der Waals surface area contributed by atoms with E-state index in [1.54, 1.807) is 31.2 Å². The molecule has 176 valence electrons. The summed E-state index contributed by atoms with van der Waals surface area (Å²) in [5.74, 6) is -0.406. The summed E-state index contributed by atoms with van der Waals surface area (Å²) >= 11 is 0. The first kappa shape index (κ1) is 23.5. The minimum Gasteiger partial charge on any atom is -0.474 e. The van der Waals surface area contributed by atoms with Gasteiger partial charge in [-0.05, 0) is 29.4 Å². The number of esters is 1. The first-order valence-electron chi connectivity index (χ1n) is 11.6. The molecule has 2 aromatic rings. The Morgan fingerprint density at radius 1 is 1.06 bits per heavy atom. The zero-order chi connectivity index (χ0) is 24.4. The fourth-order valence-corrected chi connectivity index (χ4v) is 4.97. The predicted molar refractivity (Wildman–Crippen MR) is 127 cm³/mol. The van der Waals surface area contributed by atoms with E-state index in [9.17, 15) is 14.7 Å². The van der Waals surface area contributed by atoms with Crippen LogP contribution < -0.4 is 4.74 Å². The fraction of sp³-hybridized carbons (Fsp3) is 0.500. The summed E-state index contributed by atoms with van der Waals surface area (Å²) in [6, 6.07) is 12.8. The molecule has 4 rings (SSSR count). The van der Waals surface area contributed by atoms with Gasteiger partial charge in [0.25, 0.3) is 0 Å². The Bertz CT molecular complexity index is 1110. The van der Waals surface area contributed by atoms with Gasteiger partial charge in [0.1, 0.15) is 17.3 Å². The molecule has 1 aliphatic heterocycles. The number of hydrogen-bond acceptors (Lipinski definition) is 5. The number of carbonyl (C=O) groups is 2. The van der Waals surface area contributed by atoms with Crippen LogP contribution in [0.25, 0.3) is 0 Å². The summed E-state index contributed by atoms with van der Waals surface area (Å²) in [4.78, 5) is 27.0. The van der Waals surface area contributed by atoms with Gasteiger partial charge >= 0.3 is 5.97 Å². The molecule has 33 heavy (non-hydrogen) atoms. The molecule has 0 radical (unpaired) electrons. The van der Waals surface area contributed by atoms with Gasteiger partial charge in [0.2, 0.25) is 5.60 Å². The Morgan fingerprint density at radius 2 is 1.70 bits per heavy atom. The molecule has 5 nitrogen and oxygen atoms in total. The zero-order valence-corrected chi connectivity index (χ0v) is 20.6. The quantitative estimate of drug-likeness (QED) is 0.507. The van der Waals surface area contributed by atoms with E-state index in [0.29, 0.717) is 16.9 Å². The molecule has 3 atom stereocenters. The van der Waals surface area contributed by atoms with Gasteiger partial charge in [0.05, 0.1) is 6.61 Å². The van der Waals surface area contributed by atoms with Crippen molar-refractivity contribution in [1.29, 1.82) is 0 Å². The molecule has 2 aromatic carbocycles. The van der Waals surface area contributed by atoms with Crippen LogP contribution >= 0.6 is 0 Å². The van der Waals surface area contributed by atoms with Crippen molar-refractivity contribution in [1.82, 2.24) is 0 Å². The van der Waals surface area contributed by atoms with Crippen molar-refractivity contribution < 1.29 is 24.2 Å². The first-order chi connectivity index (χ1) is 15.3. The maximum absolute atomic E-state index is 13.8. The smallest absolute Gasteiger partial charge is 0.351 e. The molecule has 0 saturated heterocycles. The van der Waals surface area contributed by atoms with Crippen molar-refractivity contribution in [3.05, 3.63) is 64.7 Å². The number of aliphatic hydroxyl groups is 1. The Kier molecular flexibility index (Phi) is 5.29. The normalized spacial score (nSPS) is 26.0. The van der Waals surface area contributed by atoms with E-state index in [2.05, 4.69) is 47.6 Å². The van der Waals surface area contributed by atoms with Crippen LogP contribution in [0.3, 0.4) is 0 Å². The lowest BCUT2D eigenvalue weighted by atomic mass is 9.74. The molecule has 5 heteroatoms. The molecule has 1 fully saturated rings. The van der Waals surface area contributed by atoms with Gasteiger partial charge in [-0.1, -0.05) is 77.9 Å². The summed E-state index contributed by atoms with van der Waals surface area (Å²) < 4.78 is 11.9. The summed E-state index contributed by atoms with van der Waals surface area (Å²) in [5.41, 5.74) is -0.484. The summed E-state index contributed by atoms with van der Waals surface area (Å²) in [7, 11) is 0. The summed E-state index contributed by atoms with van der Waals surface area (Å²) in [6.45, 7) is 14.5. The minimum absolute atomic E-state index is 0.0802. The van der Waals surface area contributed by atoms with Crippen LogP contribution in [0.5, 0.6) is 5.75 Å². The number of hydrogen-bond donors (Lipinski definition) is 1. The molecule has 2 aliphatic rings. The molecule has 1 heterocycles. The third-order valence-corrected chi connectivity index (χ3v) is 7.00. The Hall–Kier alpha value is -2.66. The second-order valence-electron chi connectivity index (χ2n) is 11.3. The molecule has 1 N–H and O–H groups in total. The first-order valence-corrected chi connectivity index (χ1v) is 11.6. The lowest BCUT2D eigenvalue weighted by Gasteiger charge is -2.38. The van der Waals surface area contributed by atoms with E-state index < -0.39 is 23.1 Å². The molecule has 0 bridgehead atoms. The van der Waals surface area contributed by atoms with E-state index in [4.69, 9.17) is 9.47 Å². The largest absolute Gasteiger partial charge is 0.474 e. The molecule has 0 aromatic heterocycles. The Labute approximate surface area is 196 Å². The van der Waals surface area contributed by atoms with E-state index in [1.165, 1.54) is 0 Å². The predicted octanol–water partition coefficient (Wildman–Crippen LogP) is 5.28. The molecule has 1 saturated carbocycles. The van der Waals surface area contributed by atoms with Crippen LogP contribution in [0.2, 0.25) is 0 Å². The maximum Gasteiger partial charge on any atom is 0.351 e. The SMILES string of the molecule is CCOC(=O)[C@@]12C[C@]1(C(=O)c1ccccc1)[C@H](O)c1cc(C(C)(C)C)cc(C(C)(C)C)c1O2. The van der Waals surface area contributed by atoms with E-state index >= 15 is 0 Å². The molecular formula is C28H34O5. The highest BCUT2D eigenvalue weighted by Gasteiger charge is 2.84. The van der Waals surface area contributed by atoms with Crippen LogP contribution in [0.15, 0.2) is 42.5 Å². The fourth-order valence-electron chi connectivity index (χ4n) is 4.97. The maximum atomic E-state index is 13.8. The van der Waals surface area contributed by atoms with Crippen LogP contribution in [0.1, 0.15) is 88.0 Å². The summed E-state index contributed by atoms with van der Waals surface area (Å²) in [6.07, 6.45) is -1.11. The highest BCUT2D eigenvalue weighted by atomic mass is 16.6. The van der Waals surface area contributed by atoms with Crippen LogP contribution in [0, 0.1) is 5.41 Å². The number of ketones is 1. The van der Waals surface area contributed by atoms with Crippen molar-refractivity contribution in [2.75, 3.05) is 6.61 Å². The van der Waals surface area contributed by atoms with E-state index in [0.717, 1.165) is 11.1 Å². The van der Waals surface area contributed by atoms with Gasteiger partial charge in [-0.2, -0.15) is 0 Å². The van der Waals surface area contributed by atoms with Gasteiger partial charge in [-0.25, -0.2) is 4.79 Å². The van der Waals surface area contributed by atoms with Crippen molar-refractivity contribution in [3.8, 4) is 5.75 Å². The number of rotatable bonds is 4. The van der Waals surface area contributed by atoms with E-state index in [-0.39, 0.29) is 29.6 Å². The number of benzene rings is 2. The average Bonchev–Trinajstić information content (AvgIpc) is 3.44. The molecule has 0 amide bonds. The van der Waals surface area contributed by atoms with Crippen molar-refractivity contribution in [2.45, 2.75) is 77.4 Å². The summed E-state index contributed by atoms with van der Waals surface area (Å²) in [5, 5.41) is 11.8. The second-order valence-corrected chi connectivity index (χ2v) is 11.3. The van der Waals surface area contributed by atoms with Gasteiger partial charge < -0.3 is 14.6 Å². The van der Waals surface area contributed by atoms with Crippen molar-refractivity contribution >= 4 is 11.8 Å². The number of ether oxygens (including phenoxy) is 2. The Balaban J connectivity index is 1.97. The van der Waals surface area contributed by atoms with Gasteiger partial charge in [-0.3, -0.25) is 4.79 Å². The highest BCUT2D eigenvalue weighted by molar-refractivity contribution is 6.10. The van der Waals surface area contributed by atoms with Gasteiger partial charge in [0, 0.05) is 23.1 Å². The molecule has 1 aliphatic carbocycles. The van der Waals surface area contributed by atoms with Gasteiger partial charge in [0.15, 0.2) is 5.78 Å². The number of Topliss-reactive ketones (excluding diaryl/α,β-unsaturated/α-hetero) is 1. The van der Waals surface area contributed by atoms with Crippen LogP contribution in [-0.2, 0) is 20.4 Å². The minimum atomic E-state index is -1.54. The third-order valence-electron chi connectivity index (χ3n) is 7.00. The topological polar surface area (TPSA) is 72.8 Å². The lowest BCUT2D eigenvalue weighted by Crippen LogP contribution is -2.47. The van der Waals surface area contributed by atoms with Crippen molar-refractivity contribution in [2.24, 2.45) is 5.41 Å². The highest BCUT2D eigenvalue weighted by Crippen LogP contribution is 2.71. The van der Waals surface area contributed by atoms with Crippen LogP contribution in [0.4, 0.5) is 0 Å². The van der Waals surface area contributed by atoms with Gasteiger partial charge in [-0.15, -0.1) is 0 Å². The third kappa shape index (κ3) is 3.40. The number of carbonyl (C=O) groups excluding carboxylic acids is 2. The lowest BCUT2D eigenvalue weighted by molar-refractivity contribution is -0.158. The average molecular weight is 451 g/mol. The Morgan fingerprint density at radius 3 is 2.24 bits per heavy atom. The standard InChI is InChI=1S/C28H34O5/c1-8-32-24(31)28-16-27(28,22(29)17-12-10-9-11-13-17)23(30)19-14-18(25(2,3)4)15-20(21(19)33-28)26(5,6)7/h9-15,23,30H,8,16H2,1-7H3/t23-,27+,28+/m1/s1. The number of aliphatic hydroxyl groups excluding tert-OH is 1. The monoisotopic (exact) mass is 450 g/mol. The molecular weight excluding hydrogens is 416 g/mol. The zero-order valence-electron chi connectivity index (χ0n) is 20.6. The molecule has 0 unspecified atom stereocenters. The van der Waals surface area contributed by atoms with Crippen molar-refractivity contribution in [3.63, 3.8) is 0 Å². The van der Waals surface area contributed by atoms with E-state index in [1.807, 2.05) is 12.1 Å². The second kappa shape index (κ2) is 7.42. The van der Waals surface area contributed by atoms with Crippen LogP contribution in [-0.4, -0.2) is 29.1 Å². The molecule has 0 spiro atoms. The number of fused-ring (bicyclic) bond motifs is 2.